The molecule has 1 heterocycles. The number of hydrogen-bond donors (Lipinski definition) is 1. The van der Waals surface area contributed by atoms with Crippen molar-refractivity contribution in [3.8, 4) is 11.5 Å². The molecular formula is C15H12O3. The first-order valence-corrected chi connectivity index (χ1v) is 5.77. The Labute approximate surface area is 105 Å². The van der Waals surface area contributed by atoms with Crippen LogP contribution in [0.3, 0.4) is 0 Å². The Kier molecular flexibility index (Phi) is 2.33. The van der Waals surface area contributed by atoms with Gasteiger partial charge in [-0.15, -0.1) is 0 Å². The minimum atomic E-state index is -0.909. The van der Waals surface area contributed by atoms with Gasteiger partial charge in [0.2, 0.25) is 0 Å². The number of aryl methyl sites for hydroxylation is 1. The summed E-state index contributed by atoms with van der Waals surface area (Å²) in [5.41, 5.74) is 3.50. The Morgan fingerprint density at radius 1 is 1.11 bits per heavy atom. The molecule has 1 aliphatic heterocycles. The highest BCUT2D eigenvalue weighted by Gasteiger charge is 2.18. The van der Waals surface area contributed by atoms with Crippen LogP contribution in [0.2, 0.25) is 0 Å². The van der Waals surface area contributed by atoms with E-state index in [9.17, 15) is 4.79 Å². The second kappa shape index (κ2) is 3.88. The average Bonchev–Trinajstić information content (AvgIpc) is 2.35. The summed E-state index contributed by atoms with van der Waals surface area (Å²) in [5, 5.41) is 8.98. The van der Waals surface area contributed by atoms with Crippen molar-refractivity contribution in [2.75, 3.05) is 0 Å². The summed E-state index contributed by atoms with van der Waals surface area (Å²) in [5.74, 6) is 0.695. The third-order valence-corrected chi connectivity index (χ3v) is 3.12. The van der Waals surface area contributed by atoms with E-state index in [1.807, 2.05) is 19.1 Å². The fraction of sp³-hybridized carbons (Fsp3) is 0.133. The number of carboxylic acid groups (broad SMARTS) is 1. The van der Waals surface area contributed by atoms with Crippen molar-refractivity contribution in [3.63, 3.8) is 0 Å². The lowest BCUT2D eigenvalue weighted by Crippen LogP contribution is -2.05. The molecule has 2 aromatic carbocycles. The molecule has 18 heavy (non-hydrogen) atoms. The first-order chi connectivity index (χ1) is 8.63. The standard InChI is InChI=1S/C15H12O3/c1-9-2-4-13-11(6-9)8-12-7-10(15(16)17)3-5-14(12)18-13/h2-7H,8H2,1H3,(H,16,17). The molecule has 0 bridgehead atoms. The highest BCUT2D eigenvalue weighted by molar-refractivity contribution is 5.88. The summed E-state index contributed by atoms with van der Waals surface area (Å²) in [7, 11) is 0. The van der Waals surface area contributed by atoms with Crippen LogP contribution >= 0.6 is 0 Å². The van der Waals surface area contributed by atoms with Gasteiger partial charge >= 0.3 is 5.97 Å². The molecule has 0 unspecified atom stereocenters. The summed E-state index contributed by atoms with van der Waals surface area (Å²) in [6.45, 7) is 2.03. The maximum Gasteiger partial charge on any atom is 0.335 e. The molecule has 0 radical (unpaired) electrons. The third-order valence-electron chi connectivity index (χ3n) is 3.12. The van der Waals surface area contributed by atoms with Crippen LogP contribution in [0.4, 0.5) is 0 Å². The molecule has 0 saturated carbocycles. The van der Waals surface area contributed by atoms with Gasteiger partial charge in [-0.3, -0.25) is 0 Å². The molecular weight excluding hydrogens is 228 g/mol. The monoisotopic (exact) mass is 240 g/mol. The molecule has 0 spiro atoms. The van der Waals surface area contributed by atoms with Crippen LogP contribution in [-0.2, 0) is 6.42 Å². The van der Waals surface area contributed by atoms with Gasteiger partial charge in [0.1, 0.15) is 11.5 Å². The summed E-state index contributed by atoms with van der Waals surface area (Å²) < 4.78 is 5.77. The molecule has 1 N–H and O–H groups in total. The van der Waals surface area contributed by atoms with E-state index in [2.05, 4.69) is 6.07 Å². The zero-order chi connectivity index (χ0) is 12.7. The van der Waals surface area contributed by atoms with E-state index in [4.69, 9.17) is 9.84 Å². The van der Waals surface area contributed by atoms with Gasteiger partial charge in [-0.05, 0) is 36.8 Å². The number of carbonyl (C=O) groups is 1. The van der Waals surface area contributed by atoms with Gasteiger partial charge in [-0.2, -0.15) is 0 Å². The van der Waals surface area contributed by atoms with Gasteiger partial charge in [0, 0.05) is 12.0 Å². The van der Waals surface area contributed by atoms with Crippen LogP contribution in [0.1, 0.15) is 27.0 Å². The molecule has 3 nitrogen and oxygen atoms in total. The first kappa shape index (κ1) is 10.8. The van der Waals surface area contributed by atoms with Crippen molar-refractivity contribution in [2.45, 2.75) is 13.3 Å². The Morgan fingerprint density at radius 2 is 1.78 bits per heavy atom. The summed E-state index contributed by atoms with van der Waals surface area (Å²) >= 11 is 0. The Bertz CT molecular complexity index is 644. The fourth-order valence-corrected chi connectivity index (χ4v) is 2.22. The lowest BCUT2D eigenvalue weighted by molar-refractivity contribution is 0.0696. The normalized spacial score (nSPS) is 12.3. The van der Waals surface area contributed by atoms with Crippen LogP contribution in [0.25, 0.3) is 0 Å². The van der Waals surface area contributed by atoms with Crippen LogP contribution < -0.4 is 4.74 Å². The Hall–Kier alpha value is -2.29. The zero-order valence-electron chi connectivity index (χ0n) is 9.93. The van der Waals surface area contributed by atoms with Gasteiger partial charge in [-0.1, -0.05) is 17.7 Å². The van der Waals surface area contributed by atoms with Crippen LogP contribution in [-0.4, -0.2) is 11.1 Å². The molecule has 0 aliphatic carbocycles. The van der Waals surface area contributed by atoms with Gasteiger partial charge in [0.15, 0.2) is 0 Å². The average molecular weight is 240 g/mol. The van der Waals surface area contributed by atoms with E-state index in [0.717, 1.165) is 22.6 Å². The topological polar surface area (TPSA) is 46.5 Å². The summed E-state index contributed by atoms with van der Waals surface area (Å²) in [6.07, 6.45) is 0.716. The predicted octanol–water partition coefficient (Wildman–Crippen LogP) is 3.39. The minimum Gasteiger partial charge on any atom is -0.478 e. The van der Waals surface area contributed by atoms with E-state index in [1.54, 1.807) is 18.2 Å². The maximum atomic E-state index is 10.9. The largest absolute Gasteiger partial charge is 0.478 e. The number of benzene rings is 2. The fourth-order valence-electron chi connectivity index (χ4n) is 2.22. The van der Waals surface area contributed by atoms with E-state index in [1.165, 1.54) is 5.56 Å². The molecule has 90 valence electrons. The molecule has 3 heteroatoms. The molecule has 0 fully saturated rings. The highest BCUT2D eigenvalue weighted by atomic mass is 16.5. The molecule has 2 aromatic rings. The van der Waals surface area contributed by atoms with E-state index < -0.39 is 5.97 Å². The number of carboxylic acids is 1. The van der Waals surface area contributed by atoms with E-state index in [0.29, 0.717) is 12.0 Å². The molecule has 0 saturated heterocycles. The van der Waals surface area contributed by atoms with Crippen molar-refractivity contribution in [1.82, 2.24) is 0 Å². The van der Waals surface area contributed by atoms with Crippen LogP contribution in [0.15, 0.2) is 36.4 Å². The highest BCUT2D eigenvalue weighted by Crippen LogP contribution is 2.37. The second-order valence-electron chi connectivity index (χ2n) is 4.52. The van der Waals surface area contributed by atoms with Crippen molar-refractivity contribution in [1.29, 1.82) is 0 Å². The van der Waals surface area contributed by atoms with Crippen molar-refractivity contribution < 1.29 is 14.6 Å². The predicted molar refractivity (Wildman–Crippen MR) is 67.5 cm³/mol. The quantitative estimate of drug-likeness (QED) is 0.709. The first-order valence-electron chi connectivity index (χ1n) is 5.77. The number of fused-ring (bicyclic) bond motifs is 2. The van der Waals surface area contributed by atoms with Gasteiger partial charge in [0.05, 0.1) is 5.56 Å². The maximum absolute atomic E-state index is 10.9. The van der Waals surface area contributed by atoms with Gasteiger partial charge in [-0.25, -0.2) is 4.79 Å². The van der Waals surface area contributed by atoms with Gasteiger partial charge in [0.25, 0.3) is 0 Å². The smallest absolute Gasteiger partial charge is 0.335 e. The SMILES string of the molecule is Cc1ccc2c(c1)Cc1cc(C(=O)O)ccc1O2. The van der Waals surface area contributed by atoms with Crippen LogP contribution in [0.5, 0.6) is 11.5 Å². The molecule has 3 rings (SSSR count). The molecule has 0 atom stereocenters. The Morgan fingerprint density at radius 3 is 2.50 bits per heavy atom. The Balaban J connectivity index is 2.05. The van der Waals surface area contributed by atoms with Crippen molar-refractivity contribution in [3.05, 3.63) is 58.7 Å². The lowest BCUT2D eigenvalue weighted by atomic mass is 9.97. The molecule has 0 aromatic heterocycles. The summed E-state index contributed by atoms with van der Waals surface area (Å²) in [4.78, 5) is 10.9. The van der Waals surface area contributed by atoms with E-state index in [-0.39, 0.29) is 0 Å². The molecule has 1 aliphatic rings. The number of hydrogen-bond acceptors (Lipinski definition) is 2. The second-order valence-corrected chi connectivity index (χ2v) is 4.52. The van der Waals surface area contributed by atoms with Crippen molar-refractivity contribution in [2.24, 2.45) is 0 Å². The number of ether oxygens (including phenoxy) is 1. The van der Waals surface area contributed by atoms with E-state index >= 15 is 0 Å². The molecule has 0 amide bonds. The number of rotatable bonds is 1. The zero-order valence-corrected chi connectivity index (χ0v) is 9.93. The lowest BCUT2D eigenvalue weighted by Gasteiger charge is -2.20. The summed E-state index contributed by atoms with van der Waals surface area (Å²) in [6, 6.07) is 11.0. The van der Waals surface area contributed by atoms with Crippen LogP contribution in [0, 0.1) is 6.92 Å². The van der Waals surface area contributed by atoms with Crippen molar-refractivity contribution >= 4 is 5.97 Å². The third kappa shape index (κ3) is 1.74. The van der Waals surface area contributed by atoms with Gasteiger partial charge < -0.3 is 9.84 Å². The minimum absolute atomic E-state index is 0.299. The number of aromatic carboxylic acids is 1.